The molecule has 0 aliphatic heterocycles. The molecule has 3 aromatic rings. The highest BCUT2D eigenvalue weighted by molar-refractivity contribution is 6.35. The van der Waals surface area contributed by atoms with E-state index in [4.69, 9.17) is 32.7 Å². The van der Waals surface area contributed by atoms with Gasteiger partial charge in [-0.1, -0.05) is 66.9 Å². The van der Waals surface area contributed by atoms with Gasteiger partial charge in [0.05, 0.1) is 17.8 Å². The number of benzene rings is 3. The zero-order chi connectivity index (χ0) is 27.3. The summed E-state index contributed by atoms with van der Waals surface area (Å²) in [7, 11) is 0. The summed E-state index contributed by atoms with van der Waals surface area (Å²) < 4.78 is 11.4. The molecule has 0 aliphatic rings. The van der Waals surface area contributed by atoms with Crippen LogP contribution < -0.4 is 20.2 Å². The Kier molecular flexibility index (Phi) is 11.5. The number of hydrazone groups is 1. The summed E-state index contributed by atoms with van der Waals surface area (Å²) in [5.41, 5.74) is 4.20. The zero-order valence-electron chi connectivity index (χ0n) is 21.3. The Hall–Kier alpha value is -3.55. The Morgan fingerprint density at radius 3 is 2.42 bits per heavy atom. The SMILES string of the molecule is CCCCOc1ccc(/C=N\NC(=O)[C@H](Cc2ccccc2)NC(=O)[C@@H](C)Oc2ccc(Cl)cc2Cl)cc1. The number of amides is 2. The molecule has 0 aromatic heterocycles. The molecule has 2 atom stereocenters. The van der Waals surface area contributed by atoms with Gasteiger partial charge < -0.3 is 14.8 Å². The van der Waals surface area contributed by atoms with Crippen LogP contribution in [-0.4, -0.2) is 36.8 Å². The van der Waals surface area contributed by atoms with Gasteiger partial charge in [-0.05, 0) is 66.9 Å². The van der Waals surface area contributed by atoms with E-state index in [1.54, 1.807) is 19.1 Å². The molecule has 0 radical (unpaired) electrons. The van der Waals surface area contributed by atoms with E-state index in [1.807, 2.05) is 54.6 Å². The van der Waals surface area contributed by atoms with Crippen LogP contribution in [0.2, 0.25) is 10.0 Å². The normalized spacial score (nSPS) is 12.5. The zero-order valence-corrected chi connectivity index (χ0v) is 22.8. The molecule has 3 rings (SSSR count). The summed E-state index contributed by atoms with van der Waals surface area (Å²) in [5, 5.41) is 7.57. The number of nitrogens with zero attached hydrogens (tertiary/aromatic N) is 1. The maximum atomic E-state index is 13.0. The van der Waals surface area contributed by atoms with E-state index >= 15 is 0 Å². The first-order chi connectivity index (χ1) is 18.4. The summed E-state index contributed by atoms with van der Waals surface area (Å²) in [6.45, 7) is 4.36. The molecule has 200 valence electrons. The third-order valence-electron chi connectivity index (χ3n) is 5.52. The minimum absolute atomic E-state index is 0.270. The van der Waals surface area contributed by atoms with E-state index in [2.05, 4.69) is 22.8 Å². The highest BCUT2D eigenvalue weighted by Crippen LogP contribution is 2.28. The molecule has 0 unspecified atom stereocenters. The minimum atomic E-state index is -0.915. The first-order valence-electron chi connectivity index (χ1n) is 12.4. The Morgan fingerprint density at radius 1 is 1.00 bits per heavy atom. The molecular formula is C29H31Cl2N3O4. The number of halogens is 2. The van der Waals surface area contributed by atoms with Crippen molar-refractivity contribution in [3.05, 3.63) is 94.0 Å². The van der Waals surface area contributed by atoms with Gasteiger partial charge in [0, 0.05) is 11.4 Å². The molecule has 38 heavy (non-hydrogen) atoms. The summed E-state index contributed by atoms with van der Waals surface area (Å²) in [4.78, 5) is 25.9. The van der Waals surface area contributed by atoms with Crippen LogP contribution in [0, 0.1) is 0 Å². The van der Waals surface area contributed by atoms with Gasteiger partial charge in [0.25, 0.3) is 11.8 Å². The minimum Gasteiger partial charge on any atom is -0.494 e. The lowest BCUT2D eigenvalue weighted by Gasteiger charge is -2.21. The number of nitrogens with one attached hydrogen (secondary N) is 2. The number of unbranched alkanes of at least 4 members (excludes halogenated alkanes) is 1. The van der Waals surface area contributed by atoms with Gasteiger partial charge in [-0.15, -0.1) is 0 Å². The molecule has 0 aliphatic carbocycles. The van der Waals surface area contributed by atoms with Crippen molar-refractivity contribution < 1.29 is 19.1 Å². The molecule has 0 bridgehead atoms. The van der Waals surface area contributed by atoms with Crippen molar-refractivity contribution in [1.29, 1.82) is 0 Å². The first kappa shape index (κ1) is 29.0. The average Bonchev–Trinajstić information content (AvgIpc) is 2.91. The lowest BCUT2D eigenvalue weighted by molar-refractivity contribution is -0.132. The average molecular weight is 556 g/mol. The second kappa shape index (κ2) is 15.0. The number of hydrogen-bond donors (Lipinski definition) is 2. The fourth-order valence-electron chi connectivity index (χ4n) is 3.40. The maximum Gasteiger partial charge on any atom is 0.262 e. The second-order valence-corrected chi connectivity index (χ2v) is 9.43. The van der Waals surface area contributed by atoms with Crippen molar-refractivity contribution in [2.24, 2.45) is 5.10 Å². The van der Waals surface area contributed by atoms with Crippen LogP contribution in [0.25, 0.3) is 0 Å². The number of rotatable bonds is 13. The molecule has 0 fully saturated rings. The fraction of sp³-hybridized carbons (Fsp3) is 0.276. The molecule has 0 spiro atoms. The number of hydrogen-bond acceptors (Lipinski definition) is 5. The van der Waals surface area contributed by atoms with Crippen molar-refractivity contribution in [2.45, 2.75) is 45.3 Å². The van der Waals surface area contributed by atoms with Gasteiger partial charge in [-0.3, -0.25) is 9.59 Å². The van der Waals surface area contributed by atoms with E-state index < -0.39 is 24.0 Å². The molecule has 7 nitrogen and oxygen atoms in total. The Balaban J connectivity index is 1.63. The van der Waals surface area contributed by atoms with Crippen molar-refractivity contribution in [3.63, 3.8) is 0 Å². The van der Waals surface area contributed by atoms with Crippen LogP contribution in [0.1, 0.15) is 37.8 Å². The van der Waals surface area contributed by atoms with Gasteiger partial charge in [0.2, 0.25) is 0 Å². The Labute approximate surface area is 233 Å². The third-order valence-corrected chi connectivity index (χ3v) is 6.05. The number of ether oxygens (including phenoxy) is 2. The molecule has 0 saturated carbocycles. The standard InChI is InChI=1S/C29H31Cl2N3O4/c1-3-4-16-37-24-13-10-22(11-14-24)19-32-34-29(36)26(17-21-8-6-5-7-9-21)33-28(35)20(2)38-27-15-12-23(30)18-25(27)31/h5-15,18-20,26H,3-4,16-17H2,1-2H3,(H,33,35)(H,34,36)/b32-19-/t20-,26+/m1/s1. The van der Waals surface area contributed by atoms with Crippen LogP contribution in [0.4, 0.5) is 0 Å². The summed E-state index contributed by atoms with van der Waals surface area (Å²) >= 11 is 12.1. The predicted octanol–water partition coefficient (Wildman–Crippen LogP) is 5.82. The van der Waals surface area contributed by atoms with E-state index in [0.717, 1.165) is 29.7 Å². The van der Waals surface area contributed by atoms with Crippen LogP contribution >= 0.6 is 23.2 Å². The first-order valence-corrected chi connectivity index (χ1v) is 13.1. The van der Waals surface area contributed by atoms with Gasteiger partial charge >= 0.3 is 0 Å². The predicted molar refractivity (Wildman–Crippen MR) is 151 cm³/mol. The second-order valence-electron chi connectivity index (χ2n) is 8.59. The quantitative estimate of drug-likeness (QED) is 0.158. The fourth-order valence-corrected chi connectivity index (χ4v) is 3.85. The largest absolute Gasteiger partial charge is 0.494 e. The van der Waals surface area contributed by atoms with Crippen LogP contribution in [0.5, 0.6) is 11.5 Å². The molecular weight excluding hydrogens is 525 g/mol. The Morgan fingerprint density at radius 2 is 1.74 bits per heavy atom. The number of carbonyl (C=O) groups is 2. The van der Waals surface area contributed by atoms with E-state index in [9.17, 15) is 9.59 Å². The Bertz CT molecular complexity index is 1220. The molecule has 2 N–H and O–H groups in total. The summed E-state index contributed by atoms with van der Waals surface area (Å²) in [6.07, 6.45) is 2.95. The van der Waals surface area contributed by atoms with E-state index in [0.29, 0.717) is 17.4 Å². The van der Waals surface area contributed by atoms with Crippen molar-refractivity contribution in [3.8, 4) is 11.5 Å². The van der Waals surface area contributed by atoms with E-state index in [-0.39, 0.29) is 11.4 Å². The van der Waals surface area contributed by atoms with Crippen molar-refractivity contribution in [1.82, 2.24) is 10.7 Å². The van der Waals surface area contributed by atoms with Crippen LogP contribution in [-0.2, 0) is 16.0 Å². The van der Waals surface area contributed by atoms with Gasteiger partial charge in [0.15, 0.2) is 6.10 Å². The van der Waals surface area contributed by atoms with E-state index in [1.165, 1.54) is 12.3 Å². The smallest absolute Gasteiger partial charge is 0.262 e. The van der Waals surface area contributed by atoms with Gasteiger partial charge in [-0.25, -0.2) is 5.43 Å². The molecule has 9 heteroatoms. The lowest BCUT2D eigenvalue weighted by atomic mass is 10.1. The van der Waals surface area contributed by atoms with Crippen LogP contribution in [0.15, 0.2) is 77.9 Å². The molecule has 3 aromatic carbocycles. The number of carbonyl (C=O) groups excluding carboxylic acids is 2. The molecule has 0 saturated heterocycles. The summed E-state index contributed by atoms with van der Waals surface area (Å²) in [6, 6.07) is 20.6. The molecule has 0 heterocycles. The topological polar surface area (TPSA) is 89.0 Å². The summed E-state index contributed by atoms with van der Waals surface area (Å²) in [5.74, 6) is 0.153. The molecule has 2 amide bonds. The van der Waals surface area contributed by atoms with Crippen molar-refractivity contribution in [2.75, 3.05) is 6.61 Å². The lowest BCUT2D eigenvalue weighted by Crippen LogP contribution is -2.50. The maximum absolute atomic E-state index is 13.0. The van der Waals surface area contributed by atoms with Crippen LogP contribution in [0.3, 0.4) is 0 Å². The van der Waals surface area contributed by atoms with Gasteiger partial charge in [0.1, 0.15) is 17.5 Å². The van der Waals surface area contributed by atoms with Gasteiger partial charge in [-0.2, -0.15) is 5.10 Å². The monoisotopic (exact) mass is 555 g/mol. The highest BCUT2D eigenvalue weighted by atomic mass is 35.5. The third kappa shape index (κ3) is 9.39. The highest BCUT2D eigenvalue weighted by Gasteiger charge is 2.25. The van der Waals surface area contributed by atoms with Crippen molar-refractivity contribution >= 4 is 41.2 Å².